The molecule has 0 radical (unpaired) electrons. The molecule has 0 atom stereocenters. The van der Waals surface area contributed by atoms with Crippen LogP contribution in [-0.2, 0) is 6.54 Å². The lowest BCUT2D eigenvalue weighted by molar-refractivity contribution is -0.449. The van der Waals surface area contributed by atoms with Crippen molar-refractivity contribution in [3.8, 4) is 11.3 Å². The molecule has 4 aromatic rings. The first kappa shape index (κ1) is 35.6. The molecule has 3 aromatic carbocycles. The quantitative estimate of drug-likeness (QED) is 0.120. The monoisotopic (exact) mass is 697 g/mol. The summed E-state index contributed by atoms with van der Waals surface area (Å²) < 4.78 is 223. The molecule has 0 aliphatic rings. The Hall–Kier alpha value is -4.25. The number of aromatic nitrogens is 1. The topological polar surface area (TPSA) is 22.0 Å². The van der Waals surface area contributed by atoms with E-state index in [0.717, 1.165) is 47.0 Å². The maximum atomic E-state index is 15.3. The summed E-state index contributed by atoms with van der Waals surface area (Å²) in [6.07, 6.45) is -7.75. The van der Waals surface area contributed by atoms with Gasteiger partial charge in [0.25, 0.3) is 0 Å². The summed E-state index contributed by atoms with van der Waals surface area (Å²) in [7, 11) is 0. The average Bonchev–Trinajstić information content (AvgIpc) is 3.30. The third-order valence-electron chi connectivity index (χ3n) is 7.11. The van der Waals surface area contributed by atoms with Gasteiger partial charge >= 0.3 is 41.7 Å². The van der Waals surface area contributed by atoms with Crippen LogP contribution in [0.4, 0.5) is 70.2 Å². The Morgan fingerprint density at radius 1 is 0.553 bits per heavy atom. The highest BCUT2D eigenvalue weighted by Gasteiger charge is 2.94. The second-order valence-electron chi connectivity index (χ2n) is 10.1. The van der Waals surface area contributed by atoms with Gasteiger partial charge < -0.3 is 4.57 Å². The molecule has 0 amide bonds. The lowest BCUT2D eigenvalue weighted by Gasteiger charge is -2.41. The van der Waals surface area contributed by atoms with Gasteiger partial charge in [0.15, 0.2) is 0 Å². The van der Waals surface area contributed by atoms with Crippen LogP contribution in [0.3, 0.4) is 0 Å². The Morgan fingerprint density at radius 3 is 1.55 bits per heavy atom. The SMILES string of the molecule is O=C(c1c(-c2ccccc2)n(Cc2ccc(F)cc2)c2ccccc12)C(F)(F)C(F)(F)C(F)(F)C(F)(F)C(F)(F)C(F)(F)C(F)(F)F. The zero-order chi connectivity index (χ0) is 35.6. The smallest absolute Gasteiger partial charge is 0.335 e. The molecule has 0 saturated heterocycles. The summed E-state index contributed by atoms with van der Waals surface area (Å²) in [4.78, 5) is 13.2. The standard InChI is InChI=1S/C29H15F16NO/c30-17-12-10-15(11-13-17)14-46-19-9-5-4-8-18(19)20(21(46)16-6-2-1-3-7-16)22(47)23(31,32)24(33,34)25(35,36)26(37,38)27(39,40)28(41,42)29(43,44)45/h1-13H,14H2. The summed E-state index contributed by atoms with van der Waals surface area (Å²) in [5.41, 5.74) is -2.65. The number of halogens is 16. The largest absolute Gasteiger partial charge is 0.460 e. The maximum absolute atomic E-state index is 15.3. The summed E-state index contributed by atoms with van der Waals surface area (Å²) in [5.74, 6) is -52.9. The van der Waals surface area contributed by atoms with Gasteiger partial charge in [0.05, 0.1) is 11.3 Å². The van der Waals surface area contributed by atoms with Crippen molar-refractivity contribution in [1.82, 2.24) is 4.57 Å². The molecule has 0 bridgehead atoms. The Morgan fingerprint density at radius 2 is 1.02 bits per heavy atom. The van der Waals surface area contributed by atoms with Gasteiger partial charge in [-0.3, -0.25) is 4.79 Å². The van der Waals surface area contributed by atoms with E-state index in [1.165, 1.54) is 36.4 Å². The lowest BCUT2D eigenvalue weighted by atomic mass is 9.87. The third kappa shape index (κ3) is 5.19. The minimum Gasteiger partial charge on any atom is -0.335 e. The van der Waals surface area contributed by atoms with E-state index in [2.05, 4.69) is 0 Å². The van der Waals surface area contributed by atoms with Crippen LogP contribution in [0.25, 0.3) is 22.2 Å². The molecule has 0 fully saturated rings. The number of alkyl halides is 15. The minimum absolute atomic E-state index is 0.180. The molecule has 47 heavy (non-hydrogen) atoms. The molecule has 0 N–H and O–H groups in total. The molecule has 0 saturated carbocycles. The van der Waals surface area contributed by atoms with E-state index >= 15 is 8.78 Å². The highest BCUT2D eigenvalue weighted by atomic mass is 19.4. The zero-order valence-corrected chi connectivity index (χ0v) is 22.6. The molecule has 2 nitrogen and oxygen atoms in total. The van der Waals surface area contributed by atoms with E-state index in [1.54, 1.807) is 0 Å². The fraction of sp³-hybridized carbons (Fsp3) is 0.276. The first-order valence-electron chi connectivity index (χ1n) is 12.7. The van der Waals surface area contributed by atoms with Crippen LogP contribution in [0.1, 0.15) is 15.9 Å². The maximum Gasteiger partial charge on any atom is 0.460 e. The third-order valence-corrected chi connectivity index (χ3v) is 7.11. The molecule has 0 spiro atoms. The first-order chi connectivity index (χ1) is 21.4. The first-order valence-corrected chi connectivity index (χ1v) is 12.7. The molecule has 18 heteroatoms. The number of carbonyl (C=O) groups excluding carboxylic acids is 1. The van der Waals surface area contributed by atoms with Gasteiger partial charge in [-0.2, -0.15) is 65.9 Å². The van der Waals surface area contributed by atoms with Crippen LogP contribution < -0.4 is 0 Å². The molecule has 0 unspecified atom stereocenters. The highest BCUT2D eigenvalue weighted by Crippen LogP contribution is 2.62. The van der Waals surface area contributed by atoms with E-state index in [9.17, 15) is 66.3 Å². The normalized spacial score (nSPS) is 14.1. The number of Topliss-reactive ketones (excluding diaryl/α,β-unsaturated/α-hetero) is 1. The van der Waals surface area contributed by atoms with E-state index in [4.69, 9.17) is 0 Å². The summed E-state index contributed by atoms with van der Waals surface area (Å²) in [5, 5.41) is -0.710. The summed E-state index contributed by atoms with van der Waals surface area (Å²) in [6.45, 7) is -0.465. The highest BCUT2D eigenvalue weighted by molar-refractivity contribution is 6.16. The van der Waals surface area contributed by atoms with E-state index in [1.807, 2.05) is 0 Å². The van der Waals surface area contributed by atoms with Gasteiger partial charge in [0.2, 0.25) is 5.78 Å². The number of para-hydroxylation sites is 1. The Balaban J connectivity index is 1.96. The zero-order valence-electron chi connectivity index (χ0n) is 22.6. The van der Waals surface area contributed by atoms with Crippen molar-refractivity contribution in [2.24, 2.45) is 0 Å². The van der Waals surface area contributed by atoms with Gasteiger partial charge in [0, 0.05) is 17.4 Å². The Labute approximate surface area is 252 Å². The van der Waals surface area contributed by atoms with E-state index in [-0.39, 0.29) is 16.6 Å². The molecular formula is C29H15F16NO. The molecule has 0 aliphatic carbocycles. The number of carbonyl (C=O) groups is 1. The molecule has 1 aromatic heterocycles. The van der Waals surface area contributed by atoms with Crippen LogP contribution >= 0.6 is 0 Å². The van der Waals surface area contributed by atoms with Gasteiger partial charge in [-0.15, -0.1) is 0 Å². The number of hydrogen-bond donors (Lipinski definition) is 0. The number of hydrogen-bond acceptors (Lipinski definition) is 1. The van der Waals surface area contributed by atoms with Gasteiger partial charge in [-0.25, -0.2) is 4.39 Å². The van der Waals surface area contributed by atoms with Crippen molar-refractivity contribution in [1.29, 1.82) is 0 Å². The molecule has 0 aliphatic heterocycles. The minimum atomic E-state index is -8.54. The fourth-order valence-electron chi connectivity index (χ4n) is 4.63. The van der Waals surface area contributed by atoms with Crippen molar-refractivity contribution < 1.29 is 75.0 Å². The lowest BCUT2D eigenvalue weighted by Crippen LogP contribution is -2.73. The van der Waals surface area contributed by atoms with Gasteiger partial charge in [-0.1, -0.05) is 60.7 Å². The average molecular weight is 697 g/mol. The van der Waals surface area contributed by atoms with Crippen molar-refractivity contribution >= 4 is 16.7 Å². The second-order valence-corrected chi connectivity index (χ2v) is 10.1. The molecule has 1 heterocycles. The van der Waals surface area contributed by atoms with Crippen LogP contribution in [-0.4, -0.2) is 52.1 Å². The number of fused-ring (bicyclic) bond motifs is 1. The van der Waals surface area contributed by atoms with Crippen LogP contribution in [0.15, 0.2) is 78.9 Å². The molecule has 4 rings (SSSR count). The van der Waals surface area contributed by atoms with Crippen molar-refractivity contribution in [2.75, 3.05) is 0 Å². The summed E-state index contributed by atoms with van der Waals surface area (Å²) >= 11 is 0. The predicted molar refractivity (Wildman–Crippen MR) is 133 cm³/mol. The van der Waals surface area contributed by atoms with Crippen molar-refractivity contribution in [3.05, 3.63) is 95.8 Å². The van der Waals surface area contributed by atoms with Gasteiger partial charge in [-0.05, 0) is 29.3 Å². The van der Waals surface area contributed by atoms with Crippen LogP contribution in [0, 0.1) is 5.82 Å². The number of nitrogens with zero attached hydrogens (tertiary/aromatic N) is 1. The second kappa shape index (κ2) is 11.2. The Kier molecular flexibility index (Phi) is 8.47. The number of rotatable bonds is 10. The number of ketones is 1. The van der Waals surface area contributed by atoms with E-state index < -0.39 is 76.5 Å². The number of benzene rings is 3. The van der Waals surface area contributed by atoms with Gasteiger partial charge in [0.1, 0.15) is 5.82 Å². The predicted octanol–water partition coefficient (Wildman–Crippen LogP) is 10.1. The fourth-order valence-corrected chi connectivity index (χ4v) is 4.63. The molecular weight excluding hydrogens is 682 g/mol. The van der Waals surface area contributed by atoms with Crippen molar-refractivity contribution in [3.63, 3.8) is 0 Å². The Bertz CT molecular complexity index is 1770. The summed E-state index contributed by atoms with van der Waals surface area (Å²) in [6, 6.07) is 14.5. The van der Waals surface area contributed by atoms with Crippen molar-refractivity contribution in [2.45, 2.75) is 48.3 Å². The molecule has 254 valence electrons. The van der Waals surface area contributed by atoms with E-state index in [0.29, 0.717) is 0 Å². The van der Waals surface area contributed by atoms with Crippen LogP contribution in [0.5, 0.6) is 0 Å². The van der Waals surface area contributed by atoms with Crippen LogP contribution in [0.2, 0.25) is 0 Å².